The van der Waals surface area contributed by atoms with Crippen LogP contribution in [0.5, 0.6) is 0 Å². The minimum absolute atomic E-state index is 0. The van der Waals surface area contributed by atoms with E-state index in [1.54, 1.807) is 0 Å². The van der Waals surface area contributed by atoms with Crippen LogP contribution in [0.1, 0.15) is 35.4 Å². The first-order valence-corrected chi connectivity index (χ1v) is 12.6. The van der Waals surface area contributed by atoms with E-state index < -0.39 is 5.41 Å². The molecule has 2 aliphatic rings. The van der Waals surface area contributed by atoms with Crippen molar-refractivity contribution in [2.24, 2.45) is 4.99 Å². The molecule has 1 aliphatic carbocycles. The zero-order valence-corrected chi connectivity index (χ0v) is 22.8. The Balaban J connectivity index is 0.00000264. The van der Waals surface area contributed by atoms with E-state index in [4.69, 9.17) is 9.98 Å². The summed E-state index contributed by atoms with van der Waals surface area (Å²) in [5.41, 5.74) is 9.83. The molecule has 186 valence electrons. The molecular formula is C33H24N4Pt. The average molecular weight is 672 g/mol. The molecule has 2 aromatic carbocycles. The number of allylic oxidation sites excluding steroid dienone is 2. The Labute approximate surface area is 236 Å². The van der Waals surface area contributed by atoms with Crippen LogP contribution in [-0.4, -0.2) is 20.7 Å². The fraction of sp³-hybridized carbons (Fsp3) is 0.0909. The van der Waals surface area contributed by atoms with Crippen molar-refractivity contribution in [2.45, 2.75) is 18.3 Å². The molecule has 0 spiro atoms. The van der Waals surface area contributed by atoms with E-state index in [0.717, 1.165) is 47.0 Å². The van der Waals surface area contributed by atoms with Crippen LogP contribution >= 0.6 is 0 Å². The smallest absolute Gasteiger partial charge is 0.105 e. The van der Waals surface area contributed by atoms with Crippen LogP contribution < -0.4 is 0 Å². The molecule has 0 saturated carbocycles. The summed E-state index contributed by atoms with van der Waals surface area (Å²) in [4.78, 5) is 19.8. The van der Waals surface area contributed by atoms with Gasteiger partial charge < -0.3 is 0 Å². The number of benzene rings is 2. The van der Waals surface area contributed by atoms with Crippen molar-refractivity contribution in [1.29, 1.82) is 0 Å². The maximum absolute atomic E-state index is 5.34. The van der Waals surface area contributed by atoms with Crippen molar-refractivity contribution in [1.82, 2.24) is 15.0 Å². The first-order chi connectivity index (χ1) is 18.4. The van der Waals surface area contributed by atoms with E-state index in [0.29, 0.717) is 0 Å². The van der Waals surface area contributed by atoms with E-state index in [1.165, 1.54) is 22.3 Å². The van der Waals surface area contributed by atoms with Gasteiger partial charge in [-0.3, -0.25) is 15.0 Å². The van der Waals surface area contributed by atoms with E-state index in [9.17, 15) is 0 Å². The fourth-order valence-corrected chi connectivity index (χ4v) is 5.77. The van der Waals surface area contributed by atoms with Crippen molar-refractivity contribution in [3.8, 4) is 22.5 Å². The number of nitrogens with zero attached hydrogens (tertiary/aromatic N) is 4. The van der Waals surface area contributed by atoms with E-state index in [2.05, 4.69) is 76.7 Å². The summed E-state index contributed by atoms with van der Waals surface area (Å²) in [5, 5.41) is 0. The fourth-order valence-electron chi connectivity index (χ4n) is 5.77. The minimum atomic E-state index is -0.640. The molecule has 0 bridgehead atoms. The Hall–Kier alpha value is -4.01. The summed E-state index contributed by atoms with van der Waals surface area (Å²) in [5.74, 6) is 0. The number of pyridine rings is 3. The molecule has 0 unspecified atom stereocenters. The van der Waals surface area contributed by atoms with Gasteiger partial charge in [-0.15, -0.1) is 0 Å². The first kappa shape index (κ1) is 24.3. The van der Waals surface area contributed by atoms with Crippen molar-refractivity contribution < 1.29 is 21.1 Å². The molecule has 0 saturated heterocycles. The van der Waals surface area contributed by atoms with Crippen LogP contribution in [0.3, 0.4) is 0 Å². The van der Waals surface area contributed by atoms with Gasteiger partial charge in [-0.05, 0) is 71.5 Å². The Morgan fingerprint density at radius 1 is 0.579 bits per heavy atom. The van der Waals surface area contributed by atoms with Gasteiger partial charge in [0.2, 0.25) is 0 Å². The summed E-state index contributed by atoms with van der Waals surface area (Å²) in [6.45, 7) is 0. The Morgan fingerprint density at radius 3 is 1.84 bits per heavy atom. The van der Waals surface area contributed by atoms with Gasteiger partial charge in [-0.1, -0.05) is 72.8 Å². The van der Waals surface area contributed by atoms with Gasteiger partial charge in [0.15, 0.2) is 0 Å². The molecule has 0 fully saturated rings. The summed E-state index contributed by atoms with van der Waals surface area (Å²) in [7, 11) is 0. The maximum Gasteiger partial charge on any atom is 0.105 e. The van der Waals surface area contributed by atoms with Crippen LogP contribution in [0.25, 0.3) is 22.5 Å². The van der Waals surface area contributed by atoms with Gasteiger partial charge in [0.1, 0.15) is 5.41 Å². The van der Waals surface area contributed by atoms with Crippen LogP contribution in [0.4, 0.5) is 0 Å². The standard InChI is InChI=1S/C33H24N4.Pt/c1-3-13-25-23(11-1)24-12-2-4-14-26(24)33(25,31-19-9-17-29(36-31)27-15-5-7-21-34-27)32-20-10-18-30(37-32)28-16-6-8-22-35-28;/h1-9,11-17,19-22H,10,18H2;. The van der Waals surface area contributed by atoms with Gasteiger partial charge in [0.05, 0.1) is 34.2 Å². The van der Waals surface area contributed by atoms with Crippen molar-refractivity contribution >= 4 is 5.71 Å². The van der Waals surface area contributed by atoms with Crippen LogP contribution in [0, 0.1) is 0 Å². The second-order valence-corrected chi connectivity index (χ2v) is 9.37. The zero-order chi connectivity index (χ0) is 24.7. The average Bonchev–Trinajstić information content (AvgIpc) is 3.30. The second kappa shape index (κ2) is 10.0. The van der Waals surface area contributed by atoms with E-state index in [-0.39, 0.29) is 21.1 Å². The largest absolute Gasteiger partial charge is 0.255 e. The molecule has 5 aromatic rings. The zero-order valence-electron chi connectivity index (χ0n) is 20.6. The molecule has 0 N–H and O–H groups in total. The maximum atomic E-state index is 5.34. The molecule has 0 radical (unpaired) electrons. The molecule has 0 atom stereocenters. The van der Waals surface area contributed by atoms with Crippen LogP contribution in [0.15, 0.2) is 132 Å². The third-order valence-electron chi connectivity index (χ3n) is 7.33. The Kier molecular flexibility index (Phi) is 6.43. The van der Waals surface area contributed by atoms with Crippen molar-refractivity contribution in [3.05, 3.63) is 150 Å². The molecule has 0 amide bonds. The predicted octanol–water partition coefficient (Wildman–Crippen LogP) is 7.02. The van der Waals surface area contributed by atoms with Crippen molar-refractivity contribution in [2.75, 3.05) is 0 Å². The van der Waals surface area contributed by atoms with Gasteiger partial charge in [-0.2, -0.15) is 0 Å². The molecule has 7 rings (SSSR count). The summed E-state index contributed by atoms with van der Waals surface area (Å²) in [6, 6.07) is 35.6. The molecular weight excluding hydrogens is 647 g/mol. The van der Waals surface area contributed by atoms with E-state index >= 15 is 0 Å². The molecule has 1 aliphatic heterocycles. The van der Waals surface area contributed by atoms with Crippen molar-refractivity contribution in [3.63, 3.8) is 0 Å². The number of rotatable bonds is 4. The first-order valence-electron chi connectivity index (χ1n) is 12.6. The number of fused-ring (bicyclic) bond motifs is 3. The predicted molar refractivity (Wildman–Crippen MR) is 147 cm³/mol. The normalized spacial score (nSPS) is 14.9. The third-order valence-corrected chi connectivity index (χ3v) is 7.33. The number of aliphatic imine (C=N–C) groups is 1. The second-order valence-electron chi connectivity index (χ2n) is 9.37. The minimum Gasteiger partial charge on any atom is -0.255 e. The monoisotopic (exact) mass is 671 g/mol. The molecule has 3 aromatic heterocycles. The number of hydrogen-bond donors (Lipinski definition) is 0. The number of hydrogen-bond acceptors (Lipinski definition) is 4. The quantitative estimate of drug-likeness (QED) is 0.207. The molecule has 4 heterocycles. The van der Waals surface area contributed by atoms with Gasteiger partial charge in [-0.25, -0.2) is 4.98 Å². The third kappa shape index (κ3) is 3.79. The van der Waals surface area contributed by atoms with Crippen LogP contribution in [0.2, 0.25) is 0 Å². The number of aromatic nitrogens is 3. The topological polar surface area (TPSA) is 51.0 Å². The molecule has 4 nitrogen and oxygen atoms in total. The Bertz CT molecular complexity index is 1630. The van der Waals surface area contributed by atoms with E-state index in [1.807, 2.05) is 54.9 Å². The summed E-state index contributed by atoms with van der Waals surface area (Å²) >= 11 is 0. The SMILES string of the molecule is C1=C(C2(c3cccc(-c4ccccn4)n3)c3ccccc3-c3ccccc32)N=C(c2ccccn2)CC1.[Pt]. The molecule has 38 heavy (non-hydrogen) atoms. The van der Waals surface area contributed by atoms with Gasteiger partial charge >= 0.3 is 0 Å². The van der Waals surface area contributed by atoms with Crippen LogP contribution in [-0.2, 0) is 26.5 Å². The Morgan fingerprint density at radius 2 is 1.18 bits per heavy atom. The van der Waals surface area contributed by atoms with Gasteiger partial charge in [0.25, 0.3) is 0 Å². The van der Waals surface area contributed by atoms with Gasteiger partial charge in [0, 0.05) is 33.5 Å². The molecule has 5 heteroatoms. The summed E-state index contributed by atoms with van der Waals surface area (Å²) in [6.07, 6.45) is 7.70. The summed E-state index contributed by atoms with van der Waals surface area (Å²) < 4.78 is 0.